The molecule has 2 aliphatic rings. The lowest BCUT2D eigenvalue weighted by molar-refractivity contribution is -0.141. The summed E-state index contributed by atoms with van der Waals surface area (Å²) in [6.45, 7) is 5.88. The van der Waals surface area contributed by atoms with Crippen LogP contribution in [0.15, 0.2) is 49.1 Å². The molecule has 2 aromatic carbocycles. The van der Waals surface area contributed by atoms with Gasteiger partial charge in [-0.05, 0) is 43.4 Å². The number of hydrogen-bond acceptors (Lipinski definition) is 9. The smallest absolute Gasteiger partial charge is 0.325 e. The number of piperazine rings is 1. The minimum absolute atomic E-state index is 0.120. The molecule has 0 aliphatic carbocycles. The molecule has 1 atom stereocenters. The molecule has 6 rings (SSSR count). The predicted octanol–water partition coefficient (Wildman–Crippen LogP) is 2.95. The molecule has 2 N–H and O–H groups in total. The molecule has 12 nitrogen and oxygen atoms in total. The van der Waals surface area contributed by atoms with Crippen LogP contribution in [0.2, 0.25) is 0 Å². The van der Waals surface area contributed by atoms with Crippen LogP contribution in [0.1, 0.15) is 19.8 Å². The Hall–Kier alpha value is -4.61. The standard InChI is InChI=1S/C29H34N8O4/c1-2-40-25(38)16-30-29(39)36-13-11-35(12-14-36)21-9-8-20-5-3-7-24(23(20)15-21)41-17-22-6-4-10-37(22)28-26-27(32-18-31-26)33-19-34-28/h3,5,7-9,15,18-19,22H,2,4,6,10-14,16-17H2,1H3,(H,30,39)(H,31,32,33,34). The SMILES string of the molecule is CCOC(=O)CNC(=O)N1CCN(c2ccc3cccc(OCC4CCCN4c4ncnc5nc[nH]c45)c3c2)CC1. The second-order valence-electron chi connectivity index (χ2n) is 10.2. The quantitative estimate of drug-likeness (QED) is 0.314. The number of nitrogens with one attached hydrogen (secondary N) is 2. The Balaban J connectivity index is 1.11. The molecule has 4 heterocycles. The van der Waals surface area contributed by atoms with Crippen LogP contribution >= 0.6 is 0 Å². The van der Waals surface area contributed by atoms with Gasteiger partial charge >= 0.3 is 12.0 Å². The van der Waals surface area contributed by atoms with Crippen molar-refractivity contribution in [1.29, 1.82) is 0 Å². The molecule has 0 radical (unpaired) electrons. The number of imidazole rings is 1. The van der Waals surface area contributed by atoms with Gasteiger partial charge in [-0.1, -0.05) is 18.2 Å². The maximum Gasteiger partial charge on any atom is 0.325 e. The van der Waals surface area contributed by atoms with Gasteiger partial charge in [0, 0.05) is 43.8 Å². The van der Waals surface area contributed by atoms with Gasteiger partial charge in [0.25, 0.3) is 0 Å². The Bertz CT molecular complexity index is 1530. The lowest BCUT2D eigenvalue weighted by Crippen LogP contribution is -2.52. The van der Waals surface area contributed by atoms with E-state index >= 15 is 0 Å². The third-order valence-corrected chi connectivity index (χ3v) is 7.73. The summed E-state index contributed by atoms with van der Waals surface area (Å²) in [6.07, 6.45) is 5.31. The first-order valence-electron chi connectivity index (χ1n) is 14.1. The molecular weight excluding hydrogens is 524 g/mol. The highest BCUT2D eigenvalue weighted by atomic mass is 16.5. The summed E-state index contributed by atoms with van der Waals surface area (Å²) in [4.78, 5) is 46.6. The number of benzene rings is 2. The van der Waals surface area contributed by atoms with Crippen molar-refractivity contribution in [1.82, 2.24) is 30.2 Å². The molecule has 41 heavy (non-hydrogen) atoms. The van der Waals surface area contributed by atoms with Crippen LogP contribution in [0.3, 0.4) is 0 Å². The summed E-state index contributed by atoms with van der Waals surface area (Å²) in [5.74, 6) is 1.29. The Morgan fingerprint density at radius 1 is 1.07 bits per heavy atom. The van der Waals surface area contributed by atoms with Crippen LogP contribution in [0.4, 0.5) is 16.3 Å². The number of aromatic amines is 1. The number of anilines is 2. The number of esters is 1. The van der Waals surface area contributed by atoms with E-state index in [9.17, 15) is 9.59 Å². The molecule has 0 spiro atoms. The first kappa shape index (κ1) is 26.6. The van der Waals surface area contributed by atoms with Crippen LogP contribution in [0.25, 0.3) is 21.9 Å². The van der Waals surface area contributed by atoms with Crippen molar-refractivity contribution in [2.45, 2.75) is 25.8 Å². The van der Waals surface area contributed by atoms with Gasteiger partial charge in [-0.3, -0.25) is 4.79 Å². The fourth-order valence-electron chi connectivity index (χ4n) is 5.64. The van der Waals surface area contributed by atoms with Crippen LogP contribution in [0.5, 0.6) is 5.75 Å². The van der Waals surface area contributed by atoms with E-state index in [1.807, 2.05) is 12.1 Å². The number of rotatable bonds is 8. The van der Waals surface area contributed by atoms with Crippen LogP contribution in [-0.4, -0.2) is 95.4 Å². The second kappa shape index (κ2) is 11.9. The number of urea groups is 1. The highest BCUT2D eigenvalue weighted by Gasteiger charge is 2.29. The van der Waals surface area contributed by atoms with Crippen molar-refractivity contribution < 1.29 is 19.1 Å². The van der Waals surface area contributed by atoms with Crippen LogP contribution in [-0.2, 0) is 9.53 Å². The maximum atomic E-state index is 12.5. The van der Waals surface area contributed by atoms with Gasteiger partial charge in [-0.25, -0.2) is 19.7 Å². The molecule has 2 saturated heterocycles. The molecule has 0 bridgehead atoms. The van der Waals surface area contributed by atoms with Gasteiger partial charge in [0.05, 0.1) is 19.0 Å². The topological polar surface area (TPSA) is 129 Å². The van der Waals surface area contributed by atoms with Gasteiger partial charge in [0.1, 0.15) is 30.7 Å². The number of carbonyl (C=O) groups excluding carboxylic acids is 2. The van der Waals surface area contributed by atoms with Gasteiger partial charge < -0.3 is 34.5 Å². The molecule has 2 aliphatic heterocycles. The lowest BCUT2D eigenvalue weighted by atomic mass is 10.1. The number of nitrogens with zero attached hydrogens (tertiary/aromatic N) is 6. The number of hydrogen-bond donors (Lipinski definition) is 2. The zero-order valence-electron chi connectivity index (χ0n) is 23.1. The number of ether oxygens (including phenoxy) is 2. The lowest BCUT2D eigenvalue weighted by Gasteiger charge is -2.36. The fourth-order valence-corrected chi connectivity index (χ4v) is 5.64. The Morgan fingerprint density at radius 2 is 1.95 bits per heavy atom. The summed E-state index contributed by atoms with van der Waals surface area (Å²) < 4.78 is 11.4. The van der Waals surface area contributed by atoms with E-state index in [4.69, 9.17) is 9.47 Å². The van der Waals surface area contributed by atoms with E-state index < -0.39 is 5.97 Å². The Kier molecular flexibility index (Phi) is 7.70. The average molecular weight is 559 g/mol. The zero-order valence-corrected chi connectivity index (χ0v) is 23.1. The average Bonchev–Trinajstić information content (AvgIpc) is 3.68. The van der Waals surface area contributed by atoms with Crippen molar-refractivity contribution in [3.8, 4) is 5.75 Å². The second-order valence-corrected chi connectivity index (χ2v) is 10.2. The molecule has 2 fully saturated rings. The van der Waals surface area contributed by atoms with Gasteiger partial charge in [-0.15, -0.1) is 0 Å². The van der Waals surface area contributed by atoms with Gasteiger partial charge in [0.2, 0.25) is 0 Å². The molecule has 4 aromatic rings. The van der Waals surface area contributed by atoms with E-state index in [1.165, 1.54) is 0 Å². The predicted molar refractivity (Wildman–Crippen MR) is 155 cm³/mol. The normalized spacial score (nSPS) is 17.3. The van der Waals surface area contributed by atoms with Gasteiger partial charge in [0.15, 0.2) is 11.5 Å². The molecule has 12 heteroatoms. The molecule has 0 saturated carbocycles. The molecular formula is C29H34N8O4. The summed E-state index contributed by atoms with van der Waals surface area (Å²) in [6, 6.07) is 12.5. The summed E-state index contributed by atoms with van der Waals surface area (Å²) in [5.41, 5.74) is 2.61. The summed E-state index contributed by atoms with van der Waals surface area (Å²) in [7, 11) is 0. The van der Waals surface area contributed by atoms with E-state index in [0.29, 0.717) is 45.0 Å². The number of amides is 2. The third-order valence-electron chi connectivity index (χ3n) is 7.73. The molecule has 214 valence electrons. The minimum atomic E-state index is -0.432. The first-order valence-corrected chi connectivity index (χ1v) is 14.1. The minimum Gasteiger partial charge on any atom is -0.491 e. The van der Waals surface area contributed by atoms with Crippen molar-refractivity contribution in [2.75, 3.05) is 62.3 Å². The third kappa shape index (κ3) is 5.67. The monoisotopic (exact) mass is 558 g/mol. The summed E-state index contributed by atoms with van der Waals surface area (Å²) in [5, 5.41) is 4.81. The largest absolute Gasteiger partial charge is 0.491 e. The molecule has 2 amide bonds. The van der Waals surface area contributed by atoms with E-state index in [0.717, 1.165) is 52.9 Å². The molecule has 2 aromatic heterocycles. The van der Waals surface area contributed by atoms with E-state index in [2.05, 4.69) is 59.3 Å². The van der Waals surface area contributed by atoms with Gasteiger partial charge in [-0.2, -0.15) is 0 Å². The van der Waals surface area contributed by atoms with Crippen molar-refractivity contribution in [3.63, 3.8) is 0 Å². The number of carbonyl (C=O) groups is 2. The van der Waals surface area contributed by atoms with E-state index in [-0.39, 0.29) is 18.6 Å². The maximum absolute atomic E-state index is 12.5. The number of aromatic nitrogens is 4. The Labute approximate surface area is 237 Å². The number of H-pyrrole nitrogens is 1. The van der Waals surface area contributed by atoms with Crippen LogP contribution in [0, 0.1) is 0 Å². The van der Waals surface area contributed by atoms with Crippen molar-refractivity contribution in [3.05, 3.63) is 49.1 Å². The molecule has 1 unspecified atom stereocenters. The zero-order chi connectivity index (χ0) is 28.2. The van der Waals surface area contributed by atoms with Crippen molar-refractivity contribution >= 4 is 45.4 Å². The first-order chi connectivity index (χ1) is 20.1. The Morgan fingerprint density at radius 3 is 2.80 bits per heavy atom. The summed E-state index contributed by atoms with van der Waals surface area (Å²) >= 11 is 0. The van der Waals surface area contributed by atoms with Crippen molar-refractivity contribution in [2.24, 2.45) is 0 Å². The van der Waals surface area contributed by atoms with Crippen LogP contribution < -0.4 is 19.9 Å². The number of fused-ring (bicyclic) bond motifs is 2. The highest BCUT2D eigenvalue weighted by Crippen LogP contribution is 2.32. The highest BCUT2D eigenvalue weighted by molar-refractivity contribution is 5.91. The fraction of sp³-hybridized carbons (Fsp3) is 0.414. The van der Waals surface area contributed by atoms with E-state index in [1.54, 1.807) is 24.5 Å².